The summed E-state index contributed by atoms with van der Waals surface area (Å²) in [6, 6.07) is 10.8. The topological polar surface area (TPSA) is 35.5 Å². The molecule has 0 aliphatic carbocycles. The van der Waals surface area contributed by atoms with Crippen molar-refractivity contribution in [1.29, 1.82) is 0 Å². The molecule has 0 saturated carbocycles. The van der Waals surface area contributed by atoms with Crippen molar-refractivity contribution in [3.05, 3.63) is 65.8 Å². The Morgan fingerprint density at radius 3 is 2.65 bits per heavy atom. The van der Waals surface area contributed by atoms with Crippen LogP contribution in [0.25, 0.3) is 5.57 Å². The highest BCUT2D eigenvalue weighted by atomic mass is 15.3. The minimum absolute atomic E-state index is 0.755. The number of hydrogen-bond acceptors (Lipinski definition) is 5. The molecule has 0 bridgehead atoms. The molecular weight excluding hydrogens is 418 g/mol. The molecule has 0 spiro atoms. The summed E-state index contributed by atoms with van der Waals surface area (Å²) in [5, 5.41) is 0. The smallest absolute Gasteiger partial charge is 0.132 e. The SMILES string of the molecule is CCCC=CCC(C)CCN1CCN(c2cc(C3=CN(C)c4ccccc4C3)nc(C)n2)CC1. The molecule has 34 heavy (non-hydrogen) atoms. The zero-order valence-corrected chi connectivity index (χ0v) is 21.5. The van der Waals surface area contributed by atoms with Crippen LogP contribution in [0.15, 0.2) is 48.7 Å². The quantitative estimate of drug-likeness (QED) is 0.449. The van der Waals surface area contributed by atoms with Gasteiger partial charge in [0.1, 0.15) is 11.6 Å². The van der Waals surface area contributed by atoms with Gasteiger partial charge in [-0.05, 0) is 55.9 Å². The van der Waals surface area contributed by atoms with Crippen LogP contribution in [0.4, 0.5) is 11.5 Å². The van der Waals surface area contributed by atoms with Crippen molar-refractivity contribution in [2.24, 2.45) is 5.92 Å². The summed E-state index contributed by atoms with van der Waals surface area (Å²) in [4.78, 5) is 16.9. The van der Waals surface area contributed by atoms with Gasteiger partial charge in [-0.3, -0.25) is 4.90 Å². The molecule has 1 saturated heterocycles. The lowest BCUT2D eigenvalue weighted by atomic mass is 9.97. The van der Waals surface area contributed by atoms with Gasteiger partial charge in [0, 0.05) is 57.6 Å². The Morgan fingerprint density at radius 1 is 1.06 bits per heavy atom. The molecule has 2 aliphatic rings. The number of piperazine rings is 1. The molecule has 182 valence electrons. The van der Waals surface area contributed by atoms with Crippen molar-refractivity contribution >= 4 is 17.1 Å². The number of rotatable bonds is 9. The van der Waals surface area contributed by atoms with Crippen molar-refractivity contribution in [2.75, 3.05) is 49.6 Å². The Labute approximate surface area is 206 Å². The van der Waals surface area contributed by atoms with Gasteiger partial charge in [0.05, 0.1) is 5.69 Å². The number of anilines is 2. The molecule has 2 aromatic rings. The van der Waals surface area contributed by atoms with E-state index in [1.807, 2.05) is 6.92 Å². The fraction of sp³-hybridized carbons (Fsp3) is 0.517. The maximum absolute atomic E-state index is 4.81. The lowest BCUT2D eigenvalue weighted by Crippen LogP contribution is -2.47. The first-order valence-electron chi connectivity index (χ1n) is 13.0. The molecule has 5 heteroatoms. The number of benzene rings is 1. The molecule has 0 amide bonds. The summed E-state index contributed by atoms with van der Waals surface area (Å²) < 4.78 is 0. The normalized spacial score (nSPS) is 17.7. The first kappa shape index (κ1) is 24.5. The number of unbranched alkanes of at least 4 members (excludes halogenated alkanes) is 1. The molecule has 2 aliphatic heterocycles. The molecule has 4 rings (SSSR count). The van der Waals surface area contributed by atoms with Crippen LogP contribution >= 0.6 is 0 Å². The first-order valence-corrected chi connectivity index (χ1v) is 13.0. The number of nitrogens with zero attached hydrogens (tertiary/aromatic N) is 5. The van der Waals surface area contributed by atoms with E-state index in [1.54, 1.807) is 0 Å². The third-order valence-electron chi connectivity index (χ3n) is 7.05. The molecule has 5 nitrogen and oxygen atoms in total. The Hall–Kier alpha value is -2.66. The summed E-state index contributed by atoms with van der Waals surface area (Å²) >= 11 is 0. The number of aromatic nitrogens is 2. The maximum atomic E-state index is 4.81. The van der Waals surface area contributed by atoms with Gasteiger partial charge in [-0.25, -0.2) is 9.97 Å². The summed E-state index contributed by atoms with van der Waals surface area (Å²) in [5.41, 5.74) is 4.94. The van der Waals surface area contributed by atoms with E-state index < -0.39 is 0 Å². The second-order valence-electron chi connectivity index (χ2n) is 9.95. The van der Waals surface area contributed by atoms with Crippen LogP contribution in [0, 0.1) is 12.8 Å². The lowest BCUT2D eigenvalue weighted by Gasteiger charge is -2.36. The van der Waals surface area contributed by atoms with Crippen LogP contribution in [0.1, 0.15) is 56.6 Å². The maximum Gasteiger partial charge on any atom is 0.132 e. The molecule has 1 aromatic carbocycles. The molecular formula is C29H41N5. The summed E-state index contributed by atoms with van der Waals surface area (Å²) in [7, 11) is 2.12. The molecule has 1 atom stereocenters. The number of aryl methyl sites for hydroxylation is 1. The van der Waals surface area contributed by atoms with Crippen molar-refractivity contribution in [3.63, 3.8) is 0 Å². The van der Waals surface area contributed by atoms with Gasteiger partial charge in [-0.1, -0.05) is 50.6 Å². The predicted molar refractivity (Wildman–Crippen MR) is 144 cm³/mol. The zero-order chi connectivity index (χ0) is 23.9. The van der Waals surface area contributed by atoms with E-state index in [-0.39, 0.29) is 0 Å². The van der Waals surface area contributed by atoms with Crippen LogP contribution < -0.4 is 9.80 Å². The summed E-state index contributed by atoms with van der Waals surface area (Å²) in [6.45, 7) is 12.1. The van der Waals surface area contributed by atoms with Crippen molar-refractivity contribution in [3.8, 4) is 0 Å². The van der Waals surface area contributed by atoms with Crippen molar-refractivity contribution < 1.29 is 0 Å². The van der Waals surface area contributed by atoms with Gasteiger partial charge in [0.2, 0.25) is 0 Å². The van der Waals surface area contributed by atoms with Crippen LogP contribution in [0.5, 0.6) is 0 Å². The van der Waals surface area contributed by atoms with Crippen LogP contribution in [0.3, 0.4) is 0 Å². The van der Waals surface area contributed by atoms with E-state index in [2.05, 4.69) is 84.3 Å². The fourth-order valence-corrected chi connectivity index (χ4v) is 4.93. The Kier molecular flexibility index (Phi) is 8.39. The average Bonchev–Trinajstić information content (AvgIpc) is 2.85. The van der Waals surface area contributed by atoms with Crippen LogP contribution in [0.2, 0.25) is 0 Å². The molecule has 1 unspecified atom stereocenters. The van der Waals surface area contributed by atoms with E-state index in [1.165, 1.54) is 49.1 Å². The summed E-state index contributed by atoms with van der Waals surface area (Å²) in [6.07, 6.45) is 12.8. The monoisotopic (exact) mass is 459 g/mol. The Bertz CT molecular complexity index is 1000. The molecule has 3 heterocycles. The van der Waals surface area contributed by atoms with E-state index >= 15 is 0 Å². The molecule has 0 N–H and O–H groups in total. The van der Waals surface area contributed by atoms with Crippen LogP contribution in [-0.2, 0) is 6.42 Å². The number of hydrogen-bond donors (Lipinski definition) is 0. The Morgan fingerprint density at radius 2 is 1.85 bits per heavy atom. The second kappa shape index (κ2) is 11.7. The van der Waals surface area contributed by atoms with E-state index in [0.717, 1.165) is 55.9 Å². The second-order valence-corrected chi connectivity index (χ2v) is 9.95. The van der Waals surface area contributed by atoms with Gasteiger partial charge < -0.3 is 9.80 Å². The van der Waals surface area contributed by atoms with E-state index in [4.69, 9.17) is 9.97 Å². The molecule has 1 fully saturated rings. The Balaban J connectivity index is 1.34. The average molecular weight is 460 g/mol. The predicted octanol–water partition coefficient (Wildman–Crippen LogP) is 5.71. The zero-order valence-electron chi connectivity index (χ0n) is 21.5. The van der Waals surface area contributed by atoms with Gasteiger partial charge in [0.25, 0.3) is 0 Å². The van der Waals surface area contributed by atoms with Crippen molar-refractivity contribution in [1.82, 2.24) is 14.9 Å². The van der Waals surface area contributed by atoms with Gasteiger partial charge >= 0.3 is 0 Å². The van der Waals surface area contributed by atoms with Crippen LogP contribution in [-0.4, -0.2) is 54.6 Å². The third kappa shape index (κ3) is 6.26. The standard InChI is InChI=1S/C29H41N5/c1-5-6-7-8-11-23(2)14-15-33-16-18-34(19-17-33)29-21-27(30-24(3)31-29)26-20-25-12-9-10-13-28(25)32(4)22-26/h7-10,12-13,21-23H,5-6,11,14-20H2,1-4H3. The number of para-hydroxylation sites is 1. The minimum atomic E-state index is 0.755. The lowest BCUT2D eigenvalue weighted by molar-refractivity contribution is 0.240. The number of allylic oxidation sites excluding steroid dienone is 3. The highest BCUT2D eigenvalue weighted by molar-refractivity contribution is 5.76. The van der Waals surface area contributed by atoms with Gasteiger partial charge in [-0.2, -0.15) is 0 Å². The van der Waals surface area contributed by atoms with E-state index in [0.29, 0.717) is 0 Å². The van der Waals surface area contributed by atoms with E-state index in [9.17, 15) is 0 Å². The van der Waals surface area contributed by atoms with Gasteiger partial charge in [0.15, 0.2) is 0 Å². The minimum Gasteiger partial charge on any atom is -0.354 e. The molecule has 0 radical (unpaired) electrons. The van der Waals surface area contributed by atoms with Crippen molar-refractivity contribution in [2.45, 2.75) is 52.9 Å². The third-order valence-corrected chi connectivity index (χ3v) is 7.05. The number of fused-ring (bicyclic) bond motifs is 1. The molecule has 1 aromatic heterocycles. The largest absolute Gasteiger partial charge is 0.354 e. The highest BCUT2D eigenvalue weighted by Gasteiger charge is 2.21. The van der Waals surface area contributed by atoms with Gasteiger partial charge in [-0.15, -0.1) is 0 Å². The fourth-order valence-electron chi connectivity index (χ4n) is 4.93. The summed E-state index contributed by atoms with van der Waals surface area (Å²) in [5.74, 6) is 2.67. The highest BCUT2D eigenvalue weighted by Crippen LogP contribution is 2.32. The first-order chi connectivity index (χ1) is 16.5.